The average molecular weight is 240 g/mol. The van der Waals surface area contributed by atoms with Crippen molar-refractivity contribution in [1.82, 2.24) is 9.78 Å². The molecule has 0 N–H and O–H groups in total. The van der Waals surface area contributed by atoms with Crippen LogP contribution in [0.25, 0.3) is 0 Å². The summed E-state index contributed by atoms with van der Waals surface area (Å²) in [5.41, 5.74) is 0.842. The summed E-state index contributed by atoms with van der Waals surface area (Å²) in [5, 5.41) is 3.84. The third-order valence-corrected chi connectivity index (χ3v) is 1.51. The number of hydrogen-bond acceptors (Lipinski definition) is 1. The largest absolute Gasteiger partial charge is 0.241 e. The molecule has 50 valence electrons. The van der Waals surface area contributed by atoms with E-state index >= 15 is 0 Å². The zero-order valence-electron chi connectivity index (χ0n) is 4.88. The molecule has 1 aromatic heterocycles. The van der Waals surface area contributed by atoms with Crippen molar-refractivity contribution in [1.29, 1.82) is 0 Å². The maximum Gasteiger partial charge on any atom is 0.241 e. The van der Waals surface area contributed by atoms with Gasteiger partial charge in [0.15, 0.2) is 0 Å². The molecule has 0 aromatic carbocycles. The van der Waals surface area contributed by atoms with Crippen LogP contribution in [-0.4, -0.2) is 9.78 Å². The van der Waals surface area contributed by atoms with Gasteiger partial charge in [-0.2, -0.15) is 5.10 Å². The summed E-state index contributed by atoms with van der Waals surface area (Å²) in [6.07, 6.45) is 1.62. The second kappa shape index (κ2) is 2.64. The highest BCUT2D eigenvalue weighted by molar-refractivity contribution is 14.1. The summed E-state index contributed by atoms with van der Waals surface area (Å²) >= 11 is 1.66. The molecule has 1 aromatic rings. The first-order chi connectivity index (χ1) is 4.20. The predicted octanol–water partition coefficient (Wildman–Crippen LogP) is 2.05. The van der Waals surface area contributed by atoms with Gasteiger partial charge >= 0.3 is 0 Å². The fourth-order valence-electron chi connectivity index (χ4n) is 0.542. The van der Waals surface area contributed by atoms with Crippen molar-refractivity contribution in [2.45, 2.75) is 11.2 Å². The van der Waals surface area contributed by atoms with Gasteiger partial charge in [-0.25, -0.2) is 9.07 Å². The summed E-state index contributed by atoms with van der Waals surface area (Å²) in [4.78, 5) is 0. The molecule has 0 aliphatic carbocycles. The van der Waals surface area contributed by atoms with E-state index in [-0.39, 0.29) is 0 Å². The van der Waals surface area contributed by atoms with Gasteiger partial charge in [-0.15, -0.1) is 0 Å². The van der Waals surface area contributed by atoms with Crippen LogP contribution in [0, 0.1) is 6.92 Å². The second-order valence-corrected chi connectivity index (χ2v) is 2.74. The number of halogens is 2. The molecule has 4 heteroatoms. The third-order valence-electron chi connectivity index (χ3n) is 0.942. The first kappa shape index (κ1) is 6.98. The van der Waals surface area contributed by atoms with E-state index in [2.05, 4.69) is 5.10 Å². The highest BCUT2D eigenvalue weighted by Crippen LogP contribution is 2.14. The van der Waals surface area contributed by atoms with Gasteiger partial charge in [0, 0.05) is 6.20 Å². The molecule has 0 bridgehead atoms. The van der Waals surface area contributed by atoms with Gasteiger partial charge in [0.1, 0.15) is 0 Å². The number of aryl methyl sites for hydroxylation is 1. The van der Waals surface area contributed by atoms with Gasteiger partial charge in [-0.3, -0.25) is 0 Å². The van der Waals surface area contributed by atoms with Crippen LogP contribution < -0.4 is 0 Å². The average Bonchev–Trinajstić information content (AvgIpc) is 2.14. The summed E-state index contributed by atoms with van der Waals surface area (Å²) in [6.45, 7) is 1.83. The standard InChI is InChI=1S/C5H6FIN2/c1-4-2-3-9(8-4)5(6)7/h2-3,5H,1H3. The Morgan fingerprint density at radius 1 is 1.89 bits per heavy atom. The molecule has 0 fully saturated rings. The van der Waals surface area contributed by atoms with E-state index in [0.717, 1.165) is 5.69 Å². The molecule has 9 heavy (non-hydrogen) atoms. The topological polar surface area (TPSA) is 17.8 Å². The van der Waals surface area contributed by atoms with Crippen LogP contribution in [0.3, 0.4) is 0 Å². The maximum absolute atomic E-state index is 12.3. The summed E-state index contributed by atoms with van der Waals surface area (Å²) in [6, 6.07) is 1.77. The molecule has 0 saturated heterocycles. The lowest BCUT2D eigenvalue weighted by molar-refractivity contribution is 0.354. The maximum atomic E-state index is 12.3. The molecule has 1 atom stereocenters. The van der Waals surface area contributed by atoms with Crippen molar-refractivity contribution in [2.24, 2.45) is 0 Å². The fraction of sp³-hybridized carbons (Fsp3) is 0.400. The molecule has 1 rings (SSSR count). The van der Waals surface area contributed by atoms with Crippen LogP contribution in [-0.2, 0) is 0 Å². The second-order valence-electron chi connectivity index (χ2n) is 1.71. The summed E-state index contributed by atoms with van der Waals surface area (Å²) in [5.74, 6) is 0. The fourth-order valence-corrected chi connectivity index (χ4v) is 0.852. The number of nitrogens with zero attached hydrogens (tertiary/aromatic N) is 2. The molecular weight excluding hydrogens is 234 g/mol. The quantitative estimate of drug-likeness (QED) is 0.542. The Hall–Kier alpha value is -0.130. The SMILES string of the molecule is Cc1ccn(C(F)I)n1. The zero-order chi connectivity index (χ0) is 6.85. The van der Waals surface area contributed by atoms with Gasteiger partial charge in [0.05, 0.1) is 5.69 Å². The molecule has 2 nitrogen and oxygen atoms in total. The first-order valence-electron chi connectivity index (χ1n) is 2.50. The Labute approximate surface area is 66.2 Å². The van der Waals surface area contributed by atoms with Crippen LogP contribution in [0.2, 0.25) is 0 Å². The molecule has 0 aliphatic rings. The summed E-state index contributed by atoms with van der Waals surface area (Å²) in [7, 11) is 0. The Morgan fingerprint density at radius 3 is 2.78 bits per heavy atom. The summed E-state index contributed by atoms with van der Waals surface area (Å²) < 4.78 is 12.6. The van der Waals surface area contributed by atoms with E-state index in [4.69, 9.17) is 0 Å². The van der Waals surface area contributed by atoms with E-state index in [1.807, 2.05) is 6.92 Å². The van der Waals surface area contributed by atoms with Crippen molar-refractivity contribution < 1.29 is 4.39 Å². The molecular formula is C5H6FIN2. The number of hydrogen-bond donors (Lipinski definition) is 0. The number of rotatable bonds is 1. The molecule has 0 saturated carbocycles. The van der Waals surface area contributed by atoms with Gasteiger partial charge < -0.3 is 0 Å². The zero-order valence-corrected chi connectivity index (χ0v) is 7.04. The van der Waals surface area contributed by atoms with Gasteiger partial charge in [0.2, 0.25) is 4.30 Å². The monoisotopic (exact) mass is 240 g/mol. The minimum Gasteiger partial charge on any atom is -0.230 e. The van der Waals surface area contributed by atoms with E-state index in [0.29, 0.717) is 0 Å². The van der Waals surface area contributed by atoms with E-state index in [1.165, 1.54) is 4.68 Å². The van der Waals surface area contributed by atoms with E-state index < -0.39 is 4.30 Å². The van der Waals surface area contributed by atoms with Crippen molar-refractivity contribution in [2.75, 3.05) is 0 Å². The Morgan fingerprint density at radius 2 is 2.56 bits per heavy atom. The minimum atomic E-state index is -1.05. The Kier molecular flexibility index (Phi) is 2.05. The predicted molar refractivity (Wildman–Crippen MR) is 41.1 cm³/mol. The van der Waals surface area contributed by atoms with E-state index in [9.17, 15) is 4.39 Å². The molecule has 0 spiro atoms. The normalized spacial score (nSPS) is 13.7. The van der Waals surface area contributed by atoms with Crippen LogP contribution in [0.15, 0.2) is 12.3 Å². The van der Waals surface area contributed by atoms with Gasteiger partial charge in [0.25, 0.3) is 0 Å². The van der Waals surface area contributed by atoms with Crippen LogP contribution >= 0.6 is 22.6 Å². The molecule has 0 amide bonds. The van der Waals surface area contributed by atoms with Crippen molar-refractivity contribution in [3.63, 3.8) is 0 Å². The van der Waals surface area contributed by atoms with Gasteiger partial charge in [-0.1, -0.05) is 0 Å². The molecule has 1 unspecified atom stereocenters. The molecule has 1 heterocycles. The highest BCUT2D eigenvalue weighted by atomic mass is 127. The van der Waals surface area contributed by atoms with Crippen LogP contribution in [0.1, 0.15) is 10.00 Å². The van der Waals surface area contributed by atoms with E-state index in [1.54, 1.807) is 34.9 Å². The minimum absolute atomic E-state index is 0.842. The Balaban J connectivity index is 2.85. The van der Waals surface area contributed by atoms with Crippen LogP contribution in [0.4, 0.5) is 4.39 Å². The van der Waals surface area contributed by atoms with Crippen molar-refractivity contribution in [3.05, 3.63) is 18.0 Å². The van der Waals surface area contributed by atoms with Crippen LogP contribution in [0.5, 0.6) is 0 Å². The number of alkyl halides is 2. The Bertz CT molecular complexity index is 197. The molecule has 0 radical (unpaired) electrons. The highest BCUT2D eigenvalue weighted by Gasteiger charge is 2.01. The first-order valence-corrected chi connectivity index (χ1v) is 3.74. The number of aromatic nitrogens is 2. The lowest BCUT2D eigenvalue weighted by Gasteiger charge is -1.96. The lowest BCUT2D eigenvalue weighted by atomic mass is 10.5. The molecule has 0 aliphatic heterocycles. The smallest absolute Gasteiger partial charge is 0.230 e. The van der Waals surface area contributed by atoms with Crippen molar-refractivity contribution >= 4 is 22.6 Å². The lowest BCUT2D eigenvalue weighted by Crippen LogP contribution is -1.96. The van der Waals surface area contributed by atoms with Gasteiger partial charge in [-0.05, 0) is 35.6 Å². The van der Waals surface area contributed by atoms with Crippen molar-refractivity contribution in [3.8, 4) is 0 Å². The third kappa shape index (κ3) is 1.64.